The van der Waals surface area contributed by atoms with Crippen molar-refractivity contribution in [1.82, 2.24) is 4.98 Å². The van der Waals surface area contributed by atoms with Gasteiger partial charge in [-0.1, -0.05) is 35.3 Å². The molecule has 1 heterocycles. The fraction of sp³-hybridized carbons (Fsp3) is 0.0833. The fourth-order valence-electron chi connectivity index (χ4n) is 1.50. The molecule has 1 aromatic carbocycles. The Kier molecular flexibility index (Phi) is 3.91. The standard InChI is InChI=1S/C12H11Cl2N3O/c13-9-5-10(17-11(9)14)12(18)16-8-3-1-2-7(4-8)6-15/h1-5,17H,6,15H2,(H,16,18). The molecule has 0 unspecified atom stereocenters. The molecule has 94 valence electrons. The van der Waals surface area contributed by atoms with E-state index < -0.39 is 0 Å². The molecular weight excluding hydrogens is 273 g/mol. The number of aromatic amines is 1. The van der Waals surface area contributed by atoms with Gasteiger partial charge in [0.1, 0.15) is 10.8 Å². The second-order valence-electron chi connectivity index (χ2n) is 3.70. The van der Waals surface area contributed by atoms with Crippen LogP contribution in [0.5, 0.6) is 0 Å². The number of rotatable bonds is 3. The molecule has 0 saturated heterocycles. The summed E-state index contributed by atoms with van der Waals surface area (Å²) in [6.07, 6.45) is 0. The number of carbonyl (C=O) groups excluding carboxylic acids is 1. The van der Waals surface area contributed by atoms with Gasteiger partial charge in [0.05, 0.1) is 5.02 Å². The van der Waals surface area contributed by atoms with E-state index in [2.05, 4.69) is 10.3 Å². The van der Waals surface area contributed by atoms with Crippen LogP contribution < -0.4 is 11.1 Å². The minimum Gasteiger partial charge on any atom is -0.340 e. The van der Waals surface area contributed by atoms with E-state index in [4.69, 9.17) is 28.9 Å². The maximum absolute atomic E-state index is 11.9. The number of nitrogens with two attached hydrogens (primary N) is 1. The topological polar surface area (TPSA) is 70.9 Å². The predicted molar refractivity (Wildman–Crippen MR) is 73.1 cm³/mol. The highest BCUT2D eigenvalue weighted by molar-refractivity contribution is 6.41. The Morgan fingerprint density at radius 1 is 1.33 bits per heavy atom. The molecule has 0 aliphatic heterocycles. The van der Waals surface area contributed by atoms with Gasteiger partial charge in [-0.3, -0.25) is 4.79 Å². The summed E-state index contributed by atoms with van der Waals surface area (Å²) in [5.74, 6) is -0.307. The summed E-state index contributed by atoms with van der Waals surface area (Å²) in [5.41, 5.74) is 7.45. The second kappa shape index (κ2) is 5.44. The fourth-order valence-corrected chi connectivity index (χ4v) is 1.81. The SMILES string of the molecule is NCc1cccc(NC(=O)c2cc(Cl)c(Cl)[nH]2)c1. The van der Waals surface area contributed by atoms with Crippen molar-refractivity contribution in [3.05, 3.63) is 51.8 Å². The van der Waals surface area contributed by atoms with Crippen LogP contribution in [0.15, 0.2) is 30.3 Å². The van der Waals surface area contributed by atoms with Gasteiger partial charge in [-0.25, -0.2) is 0 Å². The first-order valence-electron chi connectivity index (χ1n) is 5.24. The van der Waals surface area contributed by atoms with Gasteiger partial charge in [0.15, 0.2) is 0 Å². The molecule has 0 saturated carbocycles. The van der Waals surface area contributed by atoms with Crippen LogP contribution in [0.1, 0.15) is 16.1 Å². The molecule has 0 spiro atoms. The average Bonchev–Trinajstić information content (AvgIpc) is 2.70. The smallest absolute Gasteiger partial charge is 0.272 e. The van der Waals surface area contributed by atoms with Crippen LogP contribution >= 0.6 is 23.2 Å². The minimum absolute atomic E-state index is 0.248. The first-order valence-corrected chi connectivity index (χ1v) is 6.00. The van der Waals surface area contributed by atoms with E-state index in [-0.39, 0.29) is 11.1 Å². The number of aromatic nitrogens is 1. The number of H-pyrrole nitrogens is 1. The molecule has 1 amide bonds. The zero-order valence-corrected chi connectivity index (χ0v) is 10.8. The third kappa shape index (κ3) is 2.85. The maximum Gasteiger partial charge on any atom is 0.272 e. The Morgan fingerprint density at radius 3 is 2.72 bits per heavy atom. The molecular formula is C12H11Cl2N3O. The maximum atomic E-state index is 11.9. The molecule has 0 fully saturated rings. The number of anilines is 1. The van der Waals surface area contributed by atoms with Gasteiger partial charge in [0.25, 0.3) is 5.91 Å². The van der Waals surface area contributed by atoms with Crippen LogP contribution in [0.4, 0.5) is 5.69 Å². The summed E-state index contributed by atoms with van der Waals surface area (Å²) < 4.78 is 0. The van der Waals surface area contributed by atoms with E-state index in [1.54, 1.807) is 6.07 Å². The van der Waals surface area contributed by atoms with Crippen molar-refractivity contribution in [2.24, 2.45) is 5.73 Å². The molecule has 0 radical (unpaired) electrons. The summed E-state index contributed by atoms with van der Waals surface area (Å²) in [6.45, 7) is 0.421. The van der Waals surface area contributed by atoms with Crippen LogP contribution in [0, 0.1) is 0 Å². The van der Waals surface area contributed by atoms with Gasteiger partial charge < -0.3 is 16.0 Å². The van der Waals surface area contributed by atoms with Crippen molar-refractivity contribution in [1.29, 1.82) is 0 Å². The number of amides is 1. The molecule has 0 atom stereocenters. The highest BCUT2D eigenvalue weighted by Gasteiger charge is 2.11. The Labute approximate surface area is 114 Å². The lowest BCUT2D eigenvalue weighted by Crippen LogP contribution is -2.12. The number of hydrogen-bond acceptors (Lipinski definition) is 2. The molecule has 0 aliphatic carbocycles. The average molecular weight is 284 g/mol. The molecule has 0 aliphatic rings. The zero-order valence-electron chi connectivity index (χ0n) is 9.34. The van der Waals surface area contributed by atoms with Crippen molar-refractivity contribution in [2.75, 3.05) is 5.32 Å². The first kappa shape index (κ1) is 13.0. The Hall–Kier alpha value is -1.49. The van der Waals surface area contributed by atoms with Gasteiger partial charge in [-0.2, -0.15) is 0 Å². The first-order chi connectivity index (χ1) is 8.60. The summed E-state index contributed by atoms with van der Waals surface area (Å²) in [6, 6.07) is 8.78. The second-order valence-corrected chi connectivity index (χ2v) is 4.49. The molecule has 0 bridgehead atoms. The van der Waals surface area contributed by atoms with Gasteiger partial charge in [-0.05, 0) is 23.8 Å². The van der Waals surface area contributed by atoms with E-state index >= 15 is 0 Å². The molecule has 2 aromatic rings. The minimum atomic E-state index is -0.307. The van der Waals surface area contributed by atoms with E-state index in [1.807, 2.05) is 18.2 Å². The molecule has 18 heavy (non-hydrogen) atoms. The van der Waals surface area contributed by atoms with Crippen molar-refractivity contribution in [3.8, 4) is 0 Å². The van der Waals surface area contributed by atoms with E-state index in [9.17, 15) is 4.79 Å². The predicted octanol–water partition coefficient (Wildman–Crippen LogP) is 3.03. The number of benzene rings is 1. The Balaban J connectivity index is 2.15. The number of hydrogen-bond donors (Lipinski definition) is 3. The van der Waals surface area contributed by atoms with Crippen LogP contribution in [0.25, 0.3) is 0 Å². The summed E-state index contributed by atoms with van der Waals surface area (Å²) >= 11 is 11.5. The third-order valence-corrected chi connectivity index (χ3v) is 3.08. The van der Waals surface area contributed by atoms with Gasteiger partial charge in [0.2, 0.25) is 0 Å². The van der Waals surface area contributed by atoms with Crippen molar-refractivity contribution in [2.45, 2.75) is 6.54 Å². The molecule has 1 aromatic heterocycles. The van der Waals surface area contributed by atoms with Crippen LogP contribution in [-0.2, 0) is 6.54 Å². The third-order valence-electron chi connectivity index (χ3n) is 2.39. The number of nitrogens with one attached hydrogen (secondary N) is 2. The van der Waals surface area contributed by atoms with Gasteiger partial charge in [-0.15, -0.1) is 0 Å². The van der Waals surface area contributed by atoms with Gasteiger partial charge in [0, 0.05) is 12.2 Å². The van der Waals surface area contributed by atoms with Crippen LogP contribution in [0.3, 0.4) is 0 Å². The highest BCUT2D eigenvalue weighted by Crippen LogP contribution is 2.22. The number of halogens is 2. The van der Waals surface area contributed by atoms with Crippen molar-refractivity contribution < 1.29 is 4.79 Å². The van der Waals surface area contributed by atoms with Crippen molar-refractivity contribution in [3.63, 3.8) is 0 Å². The van der Waals surface area contributed by atoms with Crippen LogP contribution in [-0.4, -0.2) is 10.9 Å². The zero-order chi connectivity index (χ0) is 13.1. The molecule has 2 rings (SSSR count). The van der Waals surface area contributed by atoms with Gasteiger partial charge >= 0.3 is 0 Å². The highest BCUT2D eigenvalue weighted by atomic mass is 35.5. The van der Waals surface area contributed by atoms with E-state index in [0.29, 0.717) is 22.9 Å². The Bertz CT molecular complexity index is 561. The summed E-state index contributed by atoms with van der Waals surface area (Å²) in [5, 5.41) is 3.30. The number of carbonyl (C=O) groups is 1. The lowest BCUT2D eigenvalue weighted by molar-refractivity contribution is 0.102. The Morgan fingerprint density at radius 2 is 2.11 bits per heavy atom. The van der Waals surface area contributed by atoms with Crippen molar-refractivity contribution >= 4 is 34.8 Å². The normalized spacial score (nSPS) is 10.4. The quantitative estimate of drug-likeness (QED) is 0.810. The molecule has 4 N–H and O–H groups in total. The lowest BCUT2D eigenvalue weighted by atomic mass is 10.2. The summed E-state index contributed by atoms with van der Waals surface area (Å²) in [4.78, 5) is 14.6. The summed E-state index contributed by atoms with van der Waals surface area (Å²) in [7, 11) is 0. The monoisotopic (exact) mass is 283 g/mol. The van der Waals surface area contributed by atoms with E-state index in [0.717, 1.165) is 5.56 Å². The lowest BCUT2D eigenvalue weighted by Gasteiger charge is -2.05. The molecule has 6 heteroatoms. The van der Waals surface area contributed by atoms with Crippen LogP contribution in [0.2, 0.25) is 10.2 Å². The largest absolute Gasteiger partial charge is 0.340 e. The van der Waals surface area contributed by atoms with E-state index in [1.165, 1.54) is 6.07 Å². The molecule has 4 nitrogen and oxygen atoms in total.